The van der Waals surface area contributed by atoms with Gasteiger partial charge in [0.25, 0.3) is 0 Å². The molecule has 92 valence electrons. The Balaban J connectivity index is 3.16. The molecular weight excluding hydrogens is 219 g/mol. The molecule has 1 aromatic rings. The van der Waals surface area contributed by atoms with Crippen molar-refractivity contribution >= 4 is 0 Å². The summed E-state index contributed by atoms with van der Waals surface area (Å²) in [5.41, 5.74) is -0.930. The Kier molecular flexibility index (Phi) is 3.30. The largest absolute Gasteiger partial charge is 0.434 e. The molecule has 0 amide bonds. The molecule has 1 aromatic heterocycles. The quantitative estimate of drug-likeness (QED) is 0.789. The molecule has 0 saturated heterocycles. The van der Waals surface area contributed by atoms with E-state index in [0.717, 1.165) is 4.68 Å². The molecule has 0 saturated carbocycles. The Morgan fingerprint density at radius 3 is 2.12 bits per heavy atom. The third-order valence-electron chi connectivity index (χ3n) is 2.07. The highest BCUT2D eigenvalue weighted by Gasteiger charge is 2.39. The number of aromatic nitrogens is 3. The molecule has 0 fully saturated rings. The summed E-state index contributed by atoms with van der Waals surface area (Å²) in [7, 11) is 0. The van der Waals surface area contributed by atoms with Crippen molar-refractivity contribution in [1.82, 2.24) is 15.0 Å². The van der Waals surface area contributed by atoms with Crippen molar-refractivity contribution in [1.29, 1.82) is 0 Å². The first kappa shape index (κ1) is 13.0. The van der Waals surface area contributed by atoms with Crippen molar-refractivity contribution in [3.63, 3.8) is 0 Å². The van der Waals surface area contributed by atoms with Crippen LogP contribution in [0.15, 0.2) is 0 Å². The lowest BCUT2D eigenvalue weighted by Gasteiger charge is -2.18. The number of nitrogens with zero attached hydrogens (tertiary/aromatic N) is 3. The summed E-state index contributed by atoms with van der Waals surface area (Å²) in [5, 5.41) is 7.16. The van der Waals surface area contributed by atoms with Gasteiger partial charge in [-0.1, -0.05) is 26.0 Å². The zero-order valence-electron chi connectivity index (χ0n) is 9.89. The lowest BCUT2D eigenvalue weighted by atomic mass is 9.90. The standard InChI is InChI=1S/C10H16F3N3/c1-5-16-8(10(11,12)13)7(14-15-16)6-9(2,3)4/h5-6H2,1-4H3. The second-order valence-corrected chi connectivity index (χ2v) is 4.94. The molecule has 0 aliphatic heterocycles. The molecule has 6 heteroatoms. The first-order chi connectivity index (χ1) is 7.15. The molecule has 3 nitrogen and oxygen atoms in total. The van der Waals surface area contributed by atoms with E-state index in [1.165, 1.54) is 0 Å². The van der Waals surface area contributed by atoms with Crippen LogP contribution < -0.4 is 0 Å². The fraction of sp³-hybridized carbons (Fsp3) is 0.800. The molecular formula is C10H16F3N3. The number of aryl methyl sites for hydroxylation is 1. The summed E-state index contributed by atoms with van der Waals surface area (Å²) < 4.78 is 39.3. The molecule has 16 heavy (non-hydrogen) atoms. The second kappa shape index (κ2) is 4.07. The van der Waals surface area contributed by atoms with Crippen molar-refractivity contribution in [3.05, 3.63) is 11.4 Å². The van der Waals surface area contributed by atoms with E-state index in [1.807, 2.05) is 20.8 Å². The highest BCUT2D eigenvalue weighted by atomic mass is 19.4. The second-order valence-electron chi connectivity index (χ2n) is 4.94. The average Bonchev–Trinajstić information content (AvgIpc) is 2.43. The van der Waals surface area contributed by atoms with Crippen LogP contribution in [0.5, 0.6) is 0 Å². The van der Waals surface area contributed by atoms with Gasteiger partial charge in [-0.2, -0.15) is 13.2 Å². The molecule has 0 unspecified atom stereocenters. The van der Waals surface area contributed by atoms with Gasteiger partial charge < -0.3 is 0 Å². The summed E-state index contributed by atoms with van der Waals surface area (Å²) in [6.07, 6.45) is -4.12. The summed E-state index contributed by atoms with van der Waals surface area (Å²) in [6.45, 7) is 7.41. The summed E-state index contributed by atoms with van der Waals surface area (Å²) in [5.74, 6) is 0. The van der Waals surface area contributed by atoms with E-state index in [4.69, 9.17) is 0 Å². The van der Waals surface area contributed by atoms with Crippen LogP contribution in [0.3, 0.4) is 0 Å². The van der Waals surface area contributed by atoms with Gasteiger partial charge >= 0.3 is 6.18 Å². The number of rotatable bonds is 2. The van der Waals surface area contributed by atoms with Crippen LogP contribution in [-0.4, -0.2) is 15.0 Å². The van der Waals surface area contributed by atoms with E-state index in [-0.39, 0.29) is 24.1 Å². The molecule has 0 aliphatic carbocycles. The minimum Gasteiger partial charge on any atom is -0.240 e. The lowest BCUT2D eigenvalue weighted by molar-refractivity contribution is -0.144. The van der Waals surface area contributed by atoms with Gasteiger partial charge in [-0.15, -0.1) is 5.10 Å². The third kappa shape index (κ3) is 2.96. The van der Waals surface area contributed by atoms with Gasteiger partial charge in [0, 0.05) is 6.54 Å². The molecule has 0 radical (unpaired) electrons. The number of hydrogen-bond acceptors (Lipinski definition) is 2. The third-order valence-corrected chi connectivity index (χ3v) is 2.07. The first-order valence-electron chi connectivity index (χ1n) is 5.14. The molecule has 0 bridgehead atoms. The van der Waals surface area contributed by atoms with Gasteiger partial charge in [0.15, 0.2) is 5.69 Å². The van der Waals surface area contributed by atoms with Crippen molar-refractivity contribution in [2.45, 2.75) is 46.8 Å². The van der Waals surface area contributed by atoms with Crippen LogP contribution in [0.4, 0.5) is 13.2 Å². The predicted molar refractivity (Wildman–Crippen MR) is 53.9 cm³/mol. The van der Waals surface area contributed by atoms with Gasteiger partial charge in [0.2, 0.25) is 0 Å². The van der Waals surface area contributed by atoms with Gasteiger partial charge in [0.05, 0.1) is 5.69 Å². The van der Waals surface area contributed by atoms with Crippen molar-refractivity contribution in [2.24, 2.45) is 5.41 Å². The van der Waals surface area contributed by atoms with E-state index in [9.17, 15) is 13.2 Å². The maximum Gasteiger partial charge on any atom is 0.434 e. The SMILES string of the molecule is CCn1nnc(CC(C)(C)C)c1C(F)(F)F. The highest BCUT2D eigenvalue weighted by Crippen LogP contribution is 2.33. The Hall–Kier alpha value is -1.07. The fourth-order valence-electron chi connectivity index (χ4n) is 1.50. The van der Waals surface area contributed by atoms with Crippen LogP contribution in [0.2, 0.25) is 0 Å². The van der Waals surface area contributed by atoms with E-state index in [2.05, 4.69) is 10.3 Å². The Bertz CT molecular complexity index is 360. The average molecular weight is 235 g/mol. The monoisotopic (exact) mass is 235 g/mol. The van der Waals surface area contributed by atoms with Crippen LogP contribution in [0, 0.1) is 5.41 Å². The molecule has 0 aromatic carbocycles. The van der Waals surface area contributed by atoms with Crippen molar-refractivity contribution in [3.8, 4) is 0 Å². The number of alkyl halides is 3. The summed E-state index contributed by atoms with van der Waals surface area (Å²) >= 11 is 0. The maximum atomic E-state index is 12.8. The molecule has 0 N–H and O–H groups in total. The lowest BCUT2D eigenvalue weighted by Crippen LogP contribution is -2.18. The van der Waals surface area contributed by atoms with Crippen molar-refractivity contribution in [2.75, 3.05) is 0 Å². The minimum atomic E-state index is -4.39. The maximum absolute atomic E-state index is 12.8. The topological polar surface area (TPSA) is 30.7 Å². The molecule has 0 atom stereocenters. The van der Waals surface area contributed by atoms with Crippen LogP contribution in [-0.2, 0) is 19.1 Å². The fourth-order valence-corrected chi connectivity index (χ4v) is 1.50. The predicted octanol–water partition coefficient (Wildman–Crippen LogP) is 2.91. The highest BCUT2D eigenvalue weighted by molar-refractivity contribution is 5.15. The Morgan fingerprint density at radius 2 is 1.75 bits per heavy atom. The zero-order valence-corrected chi connectivity index (χ0v) is 9.89. The van der Waals surface area contributed by atoms with Crippen LogP contribution >= 0.6 is 0 Å². The molecule has 0 spiro atoms. The van der Waals surface area contributed by atoms with E-state index in [1.54, 1.807) is 6.92 Å². The molecule has 1 heterocycles. The number of hydrogen-bond donors (Lipinski definition) is 0. The van der Waals surface area contributed by atoms with Gasteiger partial charge in [-0.3, -0.25) is 0 Å². The zero-order chi connectivity index (χ0) is 12.6. The Morgan fingerprint density at radius 1 is 1.19 bits per heavy atom. The summed E-state index contributed by atoms with van der Waals surface area (Å²) in [4.78, 5) is 0. The van der Waals surface area contributed by atoms with E-state index >= 15 is 0 Å². The van der Waals surface area contributed by atoms with E-state index in [0.29, 0.717) is 0 Å². The minimum absolute atomic E-state index is 0.0295. The van der Waals surface area contributed by atoms with Crippen molar-refractivity contribution < 1.29 is 13.2 Å². The normalized spacial score (nSPS) is 13.2. The first-order valence-corrected chi connectivity index (χ1v) is 5.14. The molecule has 0 aliphatic rings. The van der Waals surface area contributed by atoms with Gasteiger partial charge in [-0.25, -0.2) is 4.68 Å². The van der Waals surface area contributed by atoms with Gasteiger partial charge in [-0.05, 0) is 18.8 Å². The number of halogens is 3. The Labute approximate surface area is 92.6 Å². The molecule has 1 rings (SSSR count). The summed E-state index contributed by atoms with van der Waals surface area (Å²) in [6, 6.07) is 0. The van der Waals surface area contributed by atoms with Crippen LogP contribution in [0.1, 0.15) is 39.1 Å². The van der Waals surface area contributed by atoms with E-state index < -0.39 is 11.9 Å². The smallest absolute Gasteiger partial charge is 0.240 e. The van der Waals surface area contributed by atoms with Gasteiger partial charge in [0.1, 0.15) is 0 Å². The van der Waals surface area contributed by atoms with Crippen LogP contribution in [0.25, 0.3) is 0 Å².